The van der Waals surface area contributed by atoms with Crippen LogP contribution in [0.5, 0.6) is 23.0 Å². The van der Waals surface area contributed by atoms with Gasteiger partial charge in [0.15, 0.2) is 0 Å². The molecular weight excluding hydrogens is 1370 g/mol. The molecule has 16 rings (SSSR count). The van der Waals surface area contributed by atoms with Crippen LogP contribution in [0.3, 0.4) is 0 Å². The van der Waals surface area contributed by atoms with E-state index in [1.165, 1.54) is 48.8 Å². The van der Waals surface area contributed by atoms with Gasteiger partial charge in [-0.25, -0.2) is 37.5 Å². The molecule has 10 aromatic carbocycles. The van der Waals surface area contributed by atoms with Gasteiger partial charge in [0.25, 0.3) is 0 Å². The first-order chi connectivity index (χ1) is 50.9. The molecule has 540 valence electrons. The Morgan fingerprint density at radius 3 is 0.840 bits per heavy atom. The van der Waals surface area contributed by atoms with E-state index in [1.54, 1.807) is 109 Å². The average Bonchev–Trinajstić information content (AvgIpc) is 1.32. The molecule has 2 aliphatic carbocycles. The van der Waals surface area contributed by atoms with Gasteiger partial charge in [0.05, 0.1) is 22.4 Å². The molecule has 12 aromatic rings. The number of hydrogen-bond donors (Lipinski definition) is 10. The minimum absolute atomic E-state index is 0.0407. The number of aromatic nitrogens is 2. The van der Waals surface area contributed by atoms with E-state index in [0.717, 1.165) is 90.4 Å². The zero-order valence-corrected chi connectivity index (χ0v) is 56.8. The van der Waals surface area contributed by atoms with Crippen molar-refractivity contribution in [1.82, 2.24) is 9.13 Å². The Morgan fingerprint density at radius 1 is 0.340 bits per heavy atom. The summed E-state index contributed by atoms with van der Waals surface area (Å²) in [5.74, 6) is -10.1. The van der Waals surface area contributed by atoms with Crippen LogP contribution in [0, 0.1) is 11.6 Å². The van der Waals surface area contributed by atoms with E-state index in [1.807, 2.05) is 18.9 Å². The molecule has 4 heterocycles. The van der Waals surface area contributed by atoms with Gasteiger partial charge in [-0.05, 0) is 156 Å². The summed E-state index contributed by atoms with van der Waals surface area (Å²) in [6.45, 7) is 3.24. The lowest BCUT2D eigenvalue weighted by Crippen LogP contribution is -2.30. The molecule has 2 saturated carbocycles. The quantitative estimate of drug-likeness (QED) is 0.0483. The minimum atomic E-state index is -1.28. The number of anilines is 2. The summed E-state index contributed by atoms with van der Waals surface area (Å²) >= 11 is 0. The topological polar surface area (TPSA) is 355 Å². The molecule has 2 aromatic heterocycles. The summed E-state index contributed by atoms with van der Waals surface area (Å²) < 4.78 is 32.9. The standard InChI is InChI=1S/2C23H16O6.2C18H19FN2O3/c2*24-20-16(14-7-3-1-5-12(14)9-18(20)22(26)27)11-17-15-8-4-2-6-13(15)10-19(21(17)25)23(28)29;2*19-14-8-12-15(9-16(14)20-6-2-1-3-7-20)21(11-4-5-11)10-13(17(12)22)18(23)24/h2*1-10,24-25H,11H2,(H,26,27)(H,28,29);2*8-11H,1-7H2,(H,23,24). The van der Waals surface area contributed by atoms with Crippen molar-refractivity contribution in [2.75, 3.05) is 36.0 Å². The number of fused-ring (bicyclic) bond motifs is 6. The molecule has 24 heteroatoms. The Morgan fingerprint density at radius 2 is 0.594 bits per heavy atom. The van der Waals surface area contributed by atoms with E-state index in [2.05, 4.69) is 0 Å². The van der Waals surface area contributed by atoms with Gasteiger partial charge in [-0.3, -0.25) is 9.59 Å². The lowest BCUT2D eigenvalue weighted by Gasteiger charge is -2.29. The smallest absolute Gasteiger partial charge is 0.341 e. The van der Waals surface area contributed by atoms with Crippen molar-refractivity contribution in [3.63, 3.8) is 0 Å². The number of benzene rings is 10. The summed E-state index contributed by atoms with van der Waals surface area (Å²) in [4.78, 5) is 98.0. The van der Waals surface area contributed by atoms with Crippen molar-refractivity contribution in [2.45, 2.75) is 89.1 Å². The second kappa shape index (κ2) is 29.5. The van der Waals surface area contributed by atoms with E-state index < -0.39 is 81.3 Å². The third-order valence-electron chi connectivity index (χ3n) is 20.1. The number of hydrogen-bond acceptors (Lipinski definition) is 14. The highest BCUT2D eigenvalue weighted by Crippen LogP contribution is 2.44. The number of phenols is 4. The van der Waals surface area contributed by atoms with Crippen molar-refractivity contribution in [3.8, 4) is 23.0 Å². The molecule has 0 radical (unpaired) electrons. The number of halogens is 2. The number of aromatic carboxylic acids is 6. The summed E-state index contributed by atoms with van der Waals surface area (Å²) in [5.41, 5.74) is 0.708. The van der Waals surface area contributed by atoms with Crippen LogP contribution >= 0.6 is 0 Å². The maximum absolute atomic E-state index is 14.6. The zero-order chi connectivity index (χ0) is 75.1. The molecule has 0 atom stereocenters. The predicted molar refractivity (Wildman–Crippen MR) is 395 cm³/mol. The number of aromatic hydroxyl groups is 4. The lowest BCUT2D eigenvalue weighted by molar-refractivity contribution is 0.0682. The Kier molecular flexibility index (Phi) is 19.9. The maximum Gasteiger partial charge on any atom is 0.341 e. The van der Waals surface area contributed by atoms with E-state index in [9.17, 15) is 98.2 Å². The van der Waals surface area contributed by atoms with Gasteiger partial charge in [-0.1, -0.05) is 97.1 Å². The van der Waals surface area contributed by atoms with Crippen LogP contribution in [0.4, 0.5) is 20.2 Å². The number of pyridine rings is 2. The van der Waals surface area contributed by atoms with Crippen molar-refractivity contribution in [1.29, 1.82) is 0 Å². The lowest BCUT2D eigenvalue weighted by atomic mass is 9.90. The minimum Gasteiger partial charge on any atom is -0.507 e. The van der Waals surface area contributed by atoms with E-state index >= 15 is 0 Å². The molecule has 0 amide bonds. The number of nitrogens with zero attached hydrogens (tertiary/aromatic N) is 4. The SMILES string of the molecule is O=C(O)c1cc2ccccc2c(Cc2c(O)c(C(=O)O)cc3ccccc23)c1O.O=C(O)c1cc2ccccc2c(Cc2c(O)c(C(=O)O)cc3ccccc23)c1O.O=C(O)c1cn(C2CC2)c2cc(N3CCCCC3)c(F)cc2c1=O.O=C(O)c1cn(C2CC2)c2cc(N3CCCCC3)c(F)cc2c1=O. The fraction of sp³-hybridized carbons (Fsp3) is 0.220. The second-order valence-corrected chi connectivity index (χ2v) is 26.8. The number of rotatable bonds is 14. The van der Waals surface area contributed by atoms with E-state index in [4.69, 9.17) is 0 Å². The van der Waals surface area contributed by atoms with Gasteiger partial charge < -0.3 is 70.0 Å². The molecule has 4 fully saturated rings. The zero-order valence-electron chi connectivity index (χ0n) is 56.8. The highest BCUT2D eigenvalue weighted by molar-refractivity contribution is 6.05. The highest BCUT2D eigenvalue weighted by atomic mass is 19.1. The molecule has 0 spiro atoms. The van der Waals surface area contributed by atoms with E-state index in [0.29, 0.717) is 87.8 Å². The first kappa shape index (κ1) is 71.5. The van der Waals surface area contributed by atoms with Gasteiger partial charge >= 0.3 is 35.8 Å². The largest absolute Gasteiger partial charge is 0.507 e. The Hall–Kier alpha value is -12.9. The molecular formula is C82H70F2N4O18. The van der Waals surface area contributed by atoms with Crippen molar-refractivity contribution < 1.29 is 88.6 Å². The first-order valence-corrected chi connectivity index (χ1v) is 34.5. The van der Waals surface area contributed by atoms with Crippen LogP contribution in [0.15, 0.2) is 168 Å². The molecule has 106 heavy (non-hydrogen) atoms. The van der Waals surface area contributed by atoms with Crippen molar-refractivity contribution in [2.24, 2.45) is 0 Å². The summed E-state index contributed by atoms with van der Waals surface area (Å²) in [6, 6.07) is 39.8. The van der Waals surface area contributed by atoms with Crippen molar-refractivity contribution >= 4 is 112 Å². The average molecular weight is 1440 g/mol. The monoisotopic (exact) mass is 1440 g/mol. The van der Waals surface area contributed by atoms with Crippen LogP contribution in [0.25, 0.3) is 64.9 Å². The summed E-state index contributed by atoms with van der Waals surface area (Å²) in [6.07, 6.45) is 13.0. The van der Waals surface area contributed by atoms with Crippen molar-refractivity contribution in [3.05, 3.63) is 246 Å². The number of carbonyl (C=O) groups is 6. The van der Waals surface area contributed by atoms with Gasteiger partial charge in [-0.2, -0.15) is 0 Å². The third-order valence-corrected chi connectivity index (χ3v) is 20.1. The predicted octanol–water partition coefficient (Wildman–Crippen LogP) is 15.1. The van der Waals surface area contributed by atoms with Gasteiger partial charge in [0, 0.05) is 96.5 Å². The van der Waals surface area contributed by atoms with Crippen LogP contribution in [0.2, 0.25) is 0 Å². The van der Waals surface area contributed by atoms with Crippen LogP contribution in [0.1, 0.15) is 161 Å². The molecule has 22 nitrogen and oxygen atoms in total. The first-order valence-electron chi connectivity index (χ1n) is 34.5. The summed E-state index contributed by atoms with van der Waals surface area (Å²) in [5, 5.41) is 104. The second-order valence-electron chi connectivity index (χ2n) is 26.8. The molecule has 0 bridgehead atoms. The highest BCUT2D eigenvalue weighted by Gasteiger charge is 2.32. The number of carboxylic acid groups (broad SMARTS) is 6. The molecule has 2 saturated heterocycles. The Labute approximate surface area is 601 Å². The summed E-state index contributed by atoms with van der Waals surface area (Å²) in [7, 11) is 0. The molecule has 10 N–H and O–H groups in total. The normalized spacial score (nSPS) is 14.2. The maximum atomic E-state index is 14.6. The Bertz CT molecular complexity index is 5220. The fourth-order valence-electron chi connectivity index (χ4n) is 14.5. The molecule has 2 aliphatic heterocycles. The molecule has 4 aliphatic rings. The third kappa shape index (κ3) is 14.1. The number of piperidine rings is 2. The van der Waals surface area contributed by atoms with Crippen LogP contribution < -0.4 is 20.7 Å². The van der Waals surface area contributed by atoms with E-state index in [-0.39, 0.29) is 69.1 Å². The Balaban J connectivity index is 0.000000126. The van der Waals surface area contributed by atoms with Gasteiger partial charge in [-0.15, -0.1) is 0 Å². The molecule has 0 unspecified atom stereocenters. The van der Waals surface area contributed by atoms with Crippen LogP contribution in [-0.4, -0.2) is 122 Å². The van der Waals surface area contributed by atoms with Gasteiger partial charge in [0.2, 0.25) is 10.9 Å². The van der Waals surface area contributed by atoms with Crippen LogP contribution in [-0.2, 0) is 12.8 Å². The van der Waals surface area contributed by atoms with Gasteiger partial charge in [0.1, 0.15) is 68.0 Å². The number of carboxylic acids is 6. The fourth-order valence-corrected chi connectivity index (χ4v) is 14.5.